The molecule has 30 heavy (non-hydrogen) atoms. The van der Waals surface area contributed by atoms with Gasteiger partial charge in [-0.15, -0.1) is 0 Å². The van der Waals surface area contributed by atoms with E-state index in [9.17, 15) is 14.4 Å². The molecule has 5 aliphatic rings. The summed E-state index contributed by atoms with van der Waals surface area (Å²) in [5.74, 6) is 0.883. The van der Waals surface area contributed by atoms with E-state index in [1.165, 1.54) is 4.90 Å². The average molecular weight is 398 g/mol. The Hall–Kier alpha value is -3.21. The third kappa shape index (κ3) is 2.51. The van der Waals surface area contributed by atoms with E-state index in [0.717, 1.165) is 12.0 Å². The number of nitrogens with zero attached hydrogens (tertiary/aromatic N) is 1. The number of anilines is 1. The fourth-order valence-corrected chi connectivity index (χ4v) is 5.85. The second-order valence-corrected chi connectivity index (χ2v) is 8.88. The van der Waals surface area contributed by atoms with Gasteiger partial charge in [0.25, 0.3) is 5.91 Å². The highest BCUT2D eigenvalue weighted by atomic mass is 16.2. The molecule has 0 spiro atoms. The van der Waals surface area contributed by atoms with Crippen molar-refractivity contribution < 1.29 is 14.4 Å². The zero-order valence-electron chi connectivity index (χ0n) is 16.4. The minimum atomic E-state index is -0.204. The first-order chi connectivity index (χ1) is 14.6. The number of hydrogen-bond donors (Lipinski definition) is 1. The number of imide groups is 1. The van der Waals surface area contributed by atoms with Crippen molar-refractivity contribution in [3.8, 4) is 0 Å². The number of allylic oxidation sites excluding steroid dienone is 2. The summed E-state index contributed by atoms with van der Waals surface area (Å²) < 4.78 is 0. The highest BCUT2D eigenvalue weighted by Crippen LogP contribution is 2.65. The van der Waals surface area contributed by atoms with Gasteiger partial charge in [-0.1, -0.05) is 42.5 Å². The van der Waals surface area contributed by atoms with Crippen molar-refractivity contribution >= 4 is 23.4 Å². The molecule has 0 aromatic heterocycles. The maximum atomic E-state index is 13.2. The zero-order valence-corrected chi connectivity index (χ0v) is 16.4. The van der Waals surface area contributed by atoms with Crippen molar-refractivity contribution in [1.82, 2.24) is 5.32 Å². The molecule has 150 valence electrons. The van der Waals surface area contributed by atoms with E-state index in [4.69, 9.17) is 0 Å². The first-order valence-corrected chi connectivity index (χ1v) is 10.6. The molecule has 3 amide bonds. The van der Waals surface area contributed by atoms with Crippen LogP contribution in [0.2, 0.25) is 0 Å². The Balaban J connectivity index is 1.19. The number of carbonyl (C=O) groups excluding carboxylic acids is 3. The van der Waals surface area contributed by atoms with Crippen LogP contribution < -0.4 is 10.2 Å². The Kier molecular flexibility index (Phi) is 3.76. The molecule has 1 saturated heterocycles. The van der Waals surface area contributed by atoms with Gasteiger partial charge in [-0.25, -0.2) is 0 Å². The van der Waals surface area contributed by atoms with Crippen LogP contribution in [0, 0.1) is 35.5 Å². The lowest BCUT2D eigenvalue weighted by Crippen LogP contribution is -2.40. The highest BCUT2D eigenvalue weighted by molar-refractivity contribution is 6.22. The number of benzene rings is 2. The summed E-state index contributed by atoms with van der Waals surface area (Å²) in [6.07, 6.45) is 5.51. The van der Waals surface area contributed by atoms with E-state index < -0.39 is 0 Å². The maximum Gasteiger partial charge on any atom is 0.251 e. The smallest absolute Gasteiger partial charge is 0.251 e. The monoisotopic (exact) mass is 398 g/mol. The Bertz CT molecular complexity index is 1040. The molecule has 0 radical (unpaired) electrons. The molecule has 1 aliphatic heterocycles. The van der Waals surface area contributed by atoms with Gasteiger partial charge in [-0.3, -0.25) is 19.3 Å². The van der Waals surface area contributed by atoms with Crippen LogP contribution in [0.25, 0.3) is 0 Å². The molecule has 1 N–H and O–H groups in total. The normalized spacial score (nSPS) is 32.7. The summed E-state index contributed by atoms with van der Waals surface area (Å²) >= 11 is 0. The third-order valence-corrected chi connectivity index (χ3v) is 7.35. The standard InChI is InChI=1S/C25H22N2O3/c28-23(26-13-14-4-2-1-3-5-14)15-6-8-16(9-7-15)27-24(29)21-17-10-11-18(20-12-19(17)20)22(21)25(27)30/h1-11,17-22H,12-13H2,(H,26,28)/t17-,18-,19-,20-,21+,22+/m1/s1. The predicted octanol–water partition coefficient (Wildman–Crippen LogP) is 3.17. The van der Waals surface area contributed by atoms with Gasteiger partial charge in [0.05, 0.1) is 17.5 Å². The second kappa shape index (κ2) is 6.39. The summed E-state index contributed by atoms with van der Waals surface area (Å²) in [5, 5.41) is 2.90. The molecule has 2 bridgehead atoms. The van der Waals surface area contributed by atoms with E-state index in [0.29, 0.717) is 29.6 Å². The largest absolute Gasteiger partial charge is 0.348 e. The Morgan fingerprint density at radius 3 is 2.07 bits per heavy atom. The lowest BCUT2D eigenvalue weighted by Gasteiger charge is -2.37. The van der Waals surface area contributed by atoms with Crippen molar-refractivity contribution in [3.63, 3.8) is 0 Å². The molecule has 2 aromatic rings. The molecule has 0 unspecified atom stereocenters. The summed E-state index contributed by atoms with van der Waals surface area (Å²) in [6, 6.07) is 16.5. The average Bonchev–Trinajstić information content (AvgIpc) is 3.56. The minimum absolute atomic E-state index is 0.0732. The van der Waals surface area contributed by atoms with Crippen LogP contribution in [0.3, 0.4) is 0 Å². The molecular weight excluding hydrogens is 376 g/mol. The van der Waals surface area contributed by atoms with Crippen molar-refractivity contribution in [1.29, 1.82) is 0 Å². The molecule has 4 aliphatic carbocycles. The summed E-state index contributed by atoms with van der Waals surface area (Å²) in [4.78, 5) is 40.2. The topological polar surface area (TPSA) is 66.5 Å². The van der Waals surface area contributed by atoms with Crippen LogP contribution in [-0.2, 0) is 16.1 Å². The van der Waals surface area contributed by atoms with Crippen molar-refractivity contribution in [3.05, 3.63) is 77.9 Å². The van der Waals surface area contributed by atoms with Crippen LogP contribution in [0.1, 0.15) is 22.3 Å². The summed E-state index contributed by atoms with van der Waals surface area (Å²) in [6.45, 7) is 0.450. The highest BCUT2D eigenvalue weighted by Gasteiger charge is 2.67. The number of carbonyl (C=O) groups is 3. The Morgan fingerprint density at radius 2 is 1.47 bits per heavy atom. The number of amides is 3. The van der Waals surface area contributed by atoms with Crippen molar-refractivity contribution in [2.45, 2.75) is 13.0 Å². The number of rotatable bonds is 4. The quantitative estimate of drug-likeness (QED) is 0.635. The summed E-state index contributed by atoms with van der Waals surface area (Å²) in [5.41, 5.74) is 2.10. The van der Waals surface area contributed by atoms with Gasteiger partial charge in [0.2, 0.25) is 11.8 Å². The second-order valence-electron chi connectivity index (χ2n) is 8.88. The van der Waals surface area contributed by atoms with E-state index in [1.54, 1.807) is 24.3 Å². The van der Waals surface area contributed by atoms with Gasteiger partial charge in [0.15, 0.2) is 0 Å². The van der Waals surface area contributed by atoms with E-state index in [-0.39, 0.29) is 41.4 Å². The van der Waals surface area contributed by atoms with E-state index in [2.05, 4.69) is 17.5 Å². The van der Waals surface area contributed by atoms with Crippen LogP contribution in [-0.4, -0.2) is 17.7 Å². The molecule has 2 aromatic carbocycles. The van der Waals surface area contributed by atoms with E-state index >= 15 is 0 Å². The maximum absolute atomic E-state index is 13.2. The van der Waals surface area contributed by atoms with Gasteiger partial charge in [0.1, 0.15) is 0 Å². The van der Waals surface area contributed by atoms with E-state index in [1.807, 2.05) is 30.3 Å². The molecule has 2 saturated carbocycles. The fourth-order valence-electron chi connectivity index (χ4n) is 5.85. The molecule has 5 nitrogen and oxygen atoms in total. The van der Waals surface area contributed by atoms with Crippen molar-refractivity contribution in [2.75, 3.05) is 4.90 Å². The Labute approximate surface area is 174 Å². The first kappa shape index (κ1) is 17.6. The predicted molar refractivity (Wildman–Crippen MR) is 111 cm³/mol. The molecular formula is C25H22N2O3. The molecule has 3 fully saturated rings. The number of hydrogen-bond acceptors (Lipinski definition) is 3. The molecule has 1 heterocycles. The number of nitrogens with one attached hydrogen (secondary N) is 1. The van der Waals surface area contributed by atoms with Gasteiger partial charge in [0, 0.05) is 12.1 Å². The van der Waals surface area contributed by atoms with Crippen LogP contribution in [0.5, 0.6) is 0 Å². The zero-order chi connectivity index (χ0) is 20.4. The van der Waals surface area contributed by atoms with Gasteiger partial charge < -0.3 is 5.32 Å². The van der Waals surface area contributed by atoms with Gasteiger partial charge in [-0.2, -0.15) is 0 Å². The first-order valence-electron chi connectivity index (χ1n) is 10.6. The molecule has 7 rings (SSSR count). The van der Waals surface area contributed by atoms with Crippen molar-refractivity contribution in [2.24, 2.45) is 35.5 Å². The van der Waals surface area contributed by atoms with Crippen LogP contribution >= 0.6 is 0 Å². The Morgan fingerprint density at radius 1 is 0.867 bits per heavy atom. The van der Waals surface area contributed by atoms with Crippen LogP contribution in [0.15, 0.2) is 66.7 Å². The van der Waals surface area contributed by atoms with Crippen LogP contribution in [0.4, 0.5) is 5.69 Å². The lowest BCUT2D eigenvalue weighted by atomic mass is 9.63. The SMILES string of the molecule is O=C(NCc1ccccc1)c1ccc(N2C(=O)[C@H]3[C@@H]4C=C[C@H]([C@H]5C[C@H]45)[C@@H]3C2=O)cc1. The fraction of sp³-hybridized carbons (Fsp3) is 0.320. The molecule has 5 heteroatoms. The van der Waals surface area contributed by atoms with Gasteiger partial charge in [-0.05, 0) is 59.9 Å². The third-order valence-electron chi connectivity index (χ3n) is 7.35. The lowest BCUT2D eigenvalue weighted by molar-refractivity contribution is -0.124. The van der Waals surface area contributed by atoms with Gasteiger partial charge >= 0.3 is 0 Å². The minimum Gasteiger partial charge on any atom is -0.348 e. The summed E-state index contributed by atoms with van der Waals surface area (Å²) in [7, 11) is 0. The molecule has 6 atom stereocenters.